The molecule has 2 amide bonds. The molecular weight excluding hydrogens is 370 g/mol. The molecule has 29 heavy (non-hydrogen) atoms. The smallest absolute Gasteiger partial charge is 0.252 e. The Hall–Kier alpha value is -3.45. The molecule has 0 radical (unpaired) electrons. The number of nitrogens with zero attached hydrogens (tertiary/aromatic N) is 1. The zero-order valence-corrected chi connectivity index (χ0v) is 16.4. The SMILES string of the molecule is COCCNC(=O)CNC(=O)c1cc(-c2ccc(OC)cc2)nc2ccccc12. The Morgan fingerprint density at radius 2 is 1.76 bits per heavy atom. The van der Waals surface area contributed by atoms with Gasteiger partial charge in [-0.05, 0) is 36.4 Å². The van der Waals surface area contributed by atoms with Crippen LogP contribution in [0.3, 0.4) is 0 Å². The standard InChI is InChI=1S/C22H23N3O4/c1-28-12-11-23-21(26)14-24-22(27)18-13-20(15-7-9-16(29-2)10-8-15)25-19-6-4-3-5-17(18)19/h3-10,13H,11-12,14H2,1-2H3,(H,23,26)(H,24,27). The molecule has 0 atom stereocenters. The molecular formula is C22H23N3O4. The van der Waals surface area contributed by atoms with E-state index in [0.717, 1.165) is 16.7 Å². The minimum absolute atomic E-state index is 0.114. The molecule has 0 fully saturated rings. The highest BCUT2D eigenvalue weighted by Gasteiger charge is 2.15. The highest BCUT2D eigenvalue weighted by molar-refractivity contribution is 6.08. The Labute approximate surface area is 169 Å². The summed E-state index contributed by atoms with van der Waals surface area (Å²) in [5, 5.41) is 6.07. The van der Waals surface area contributed by atoms with E-state index in [0.29, 0.717) is 29.9 Å². The van der Waals surface area contributed by atoms with Crippen molar-refractivity contribution in [2.75, 3.05) is 33.9 Å². The van der Waals surface area contributed by atoms with Crippen LogP contribution >= 0.6 is 0 Å². The van der Waals surface area contributed by atoms with Gasteiger partial charge in [0.05, 0.1) is 37.0 Å². The van der Waals surface area contributed by atoms with Crippen molar-refractivity contribution in [1.82, 2.24) is 15.6 Å². The van der Waals surface area contributed by atoms with Gasteiger partial charge in [-0.3, -0.25) is 9.59 Å². The van der Waals surface area contributed by atoms with Crippen molar-refractivity contribution in [3.8, 4) is 17.0 Å². The van der Waals surface area contributed by atoms with Crippen molar-refractivity contribution in [3.05, 3.63) is 60.2 Å². The van der Waals surface area contributed by atoms with Gasteiger partial charge in [0, 0.05) is 24.6 Å². The van der Waals surface area contributed by atoms with Crippen LogP contribution in [0.2, 0.25) is 0 Å². The Morgan fingerprint density at radius 1 is 1.00 bits per heavy atom. The largest absolute Gasteiger partial charge is 0.497 e. The average molecular weight is 393 g/mol. The summed E-state index contributed by atoms with van der Waals surface area (Å²) in [6.45, 7) is 0.696. The molecule has 3 aromatic rings. The summed E-state index contributed by atoms with van der Waals surface area (Å²) < 4.78 is 10.1. The maximum Gasteiger partial charge on any atom is 0.252 e. The van der Waals surface area contributed by atoms with E-state index in [1.165, 1.54) is 0 Å². The fourth-order valence-electron chi connectivity index (χ4n) is 2.88. The molecule has 0 saturated carbocycles. The lowest BCUT2D eigenvalue weighted by Gasteiger charge is -2.11. The van der Waals surface area contributed by atoms with Crippen LogP contribution < -0.4 is 15.4 Å². The van der Waals surface area contributed by atoms with Crippen LogP contribution in [0, 0.1) is 0 Å². The molecule has 0 aliphatic rings. The molecule has 0 aliphatic carbocycles. The van der Waals surface area contributed by atoms with Crippen LogP contribution in [0.5, 0.6) is 5.75 Å². The molecule has 0 spiro atoms. The van der Waals surface area contributed by atoms with Gasteiger partial charge in [-0.1, -0.05) is 18.2 Å². The maximum atomic E-state index is 12.8. The van der Waals surface area contributed by atoms with Crippen LogP contribution in [0.4, 0.5) is 0 Å². The summed E-state index contributed by atoms with van der Waals surface area (Å²) in [7, 11) is 3.17. The van der Waals surface area contributed by atoms with Gasteiger partial charge in [0.15, 0.2) is 0 Å². The fraction of sp³-hybridized carbons (Fsp3) is 0.227. The van der Waals surface area contributed by atoms with Crippen molar-refractivity contribution < 1.29 is 19.1 Å². The normalized spacial score (nSPS) is 10.6. The van der Waals surface area contributed by atoms with Crippen LogP contribution in [0.25, 0.3) is 22.2 Å². The molecule has 1 aromatic heterocycles. The Kier molecular flexibility index (Phi) is 6.76. The molecule has 2 aromatic carbocycles. The van der Waals surface area contributed by atoms with E-state index in [4.69, 9.17) is 9.47 Å². The highest BCUT2D eigenvalue weighted by atomic mass is 16.5. The van der Waals surface area contributed by atoms with Gasteiger partial charge in [-0.2, -0.15) is 0 Å². The maximum absolute atomic E-state index is 12.8. The summed E-state index contributed by atoms with van der Waals surface area (Å²) in [6, 6.07) is 16.6. The van der Waals surface area contributed by atoms with Gasteiger partial charge in [0.1, 0.15) is 5.75 Å². The van der Waals surface area contributed by atoms with Crippen molar-refractivity contribution >= 4 is 22.7 Å². The topological polar surface area (TPSA) is 89.6 Å². The number of methoxy groups -OCH3 is 2. The van der Waals surface area contributed by atoms with Crippen molar-refractivity contribution in [3.63, 3.8) is 0 Å². The van der Waals surface area contributed by atoms with E-state index in [9.17, 15) is 9.59 Å². The summed E-state index contributed by atoms with van der Waals surface area (Å²) >= 11 is 0. The number of carbonyl (C=O) groups is 2. The van der Waals surface area contributed by atoms with Gasteiger partial charge in [0.25, 0.3) is 5.91 Å². The van der Waals surface area contributed by atoms with Crippen molar-refractivity contribution in [2.45, 2.75) is 0 Å². The van der Waals surface area contributed by atoms with Crippen LogP contribution in [-0.4, -0.2) is 50.7 Å². The van der Waals surface area contributed by atoms with Gasteiger partial charge in [-0.15, -0.1) is 0 Å². The number of ether oxygens (including phenoxy) is 2. The molecule has 0 saturated heterocycles. The first-order valence-corrected chi connectivity index (χ1v) is 9.20. The predicted molar refractivity (Wildman–Crippen MR) is 111 cm³/mol. The molecule has 2 N–H and O–H groups in total. The summed E-state index contributed by atoms with van der Waals surface area (Å²) in [4.78, 5) is 29.3. The lowest BCUT2D eigenvalue weighted by Crippen LogP contribution is -2.38. The first-order valence-electron chi connectivity index (χ1n) is 9.20. The number of hydrogen-bond acceptors (Lipinski definition) is 5. The first-order chi connectivity index (χ1) is 14.1. The first kappa shape index (κ1) is 20.3. The molecule has 7 nitrogen and oxygen atoms in total. The van der Waals surface area contributed by atoms with E-state index < -0.39 is 0 Å². The molecule has 150 valence electrons. The van der Waals surface area contributed by atoms with E-state index >= 15 is 0 Å². The number of rotatable bonds is 8. The van der Waals surface area contributed by atoms with E-state index in [2.05, 4.69) is 15.6 Å². The molecule has 0 aliphatic heterocycles. The molecule has 0 unspecified atom stereocenters. The Bertz CT molecular complexity index is 1000. The second-order valence-corrected chi connectivity index (χ2v) is 6.33. The van der Waals surface area contributed by atoms with Gasteiger partial charge in [-0.25, -0.2) is 4.98 Å². The summed E-state index contributed by atoms with van der Waals surface area (Å²) in [6.07, 6.45) is 0. The average Bonchev–Trinajstić information content (AvgIpc) is 2.77. The van der Waals surface area contributed by atoms with Crippen molar-refractivity contribution in [2.24, 2.45) is 0 Å². The second-order valence-electron chi connectivity index (χ2n) is 6.33. The second kappa shape index (κ2) is 9.66. The number of amides is 2. The number of aromatic nitrogens is 1. The van der Waals surface area contributed by atoms with Gasteiger partial charge >= 0.3 is 0 Å². The van der Waals surface area contributed by atoms with Crippen molar-refractivity contribution in [1.29, 1.82) is 0 Å². The molecule has 0 bridgehead atoms. The third-order valence-electron chi connectivity index (χ3n) is 4.38. The number of carbonyl (C=O) groups excluding carboxylic acids is 2. The summed E-state index contributed by atoms with van der Waals surface area (Å²) in [5.74, 6) is 0.136. The monoisotopic (exact) mass is 393 g/mol. The lowest BCUT2D eigenvalue weighted by atomic mass is 10.0. The van der Waals surface area contributed by atoms with E-state index in [1.807, 2.05) is 48.5 Å². The molecule has 3 rings (SSSR count). The Balaban J connectivity index is 1.85. The zero-order chi connectivity index (χ0) is 20.6. The van der Waals surface area contributed by atoms with Gasteiger partial charge in [0.2, 0.25) is 5.91 Å². The minimum Gasteiger partial charge on any atom is -0.497 e. The van der Waals surface area contributed by atoms with E-state index in [-0.39, 0.29) is 18.4 Å². The molecule has 1 heterocycles. The number of fused-ring (bicyclic) bond motifs is 1. The summed E-state index contributed by atoms with van der Waals surface area (Å²) in [5.41, 5.74) is 2.70. The zero-order valence-electron chi connectivity index (χ0n) is 16.4. The number of hydrogen-bond donors (Lipinski definition) is 2. The van der Waals surface area contributed by atoms with Crippen LogP contribution in [0.1, 0.15) is 10.4 Å². The van der Waals surface area contributed by atoms with Gasteiger partial charge < -0.3 is 20.1 Å². The van der Waals surface area contributed by atoms with Crippen LogP contribution in [0.15, 0.2) is 54.6 Å². The minimum atomic E-state index is -0.333. The quantitative estimate of drug-likeness (QED) is 0.574. The number of para-hydroxylation sites is 1. The number of nitrogens with one attached hydrogen (secondary N) is 2. The molecule has 7 heteroatoms. The lowest BCUT2D eigenvalue weighted by molar-refractivity contribution is -0.120. The third kappa shape index (κ3) is 5.08. The predicted octanol–water partition coefficient (Wildman–Crippen LogP) is 2.40. The third-order valence-corrected chi connectivity index (χ3v) is 4.38. The number of benzene rings is 2. The number of pyridine rings is 1. The van der Waals surface area contributed by atoms with E-state index in [1.54, 1.807) is 20.3 Å². The fourth-order valence-corrected chi connectivity index (χ4v) is 2.88. The van der Waals surface area contributed by atoms with Crippen LogP contribution in [-0.2, 0) is 9.53 Å². The Morgan fingerprint density at radius 3 is 2.48 bits per heavy atom. The highest BCUT2D eigenvalue weighted by Crippen LogP contribution is 2.26.